The number of carbonyl (C=O) groups is 2. The van der Waals surface area contributed by atoms with Gasteiger partial charge >= 0.3 is 0 Å². The Hall–Kier alpha value is -2.08. The Bertz CT molecular complexity index is 508. The fourth-order valence-electron chi connectivity index (χ4n) is 2.58. The van der Waals surface area contributed by atoms with E-state index < -0.39 is 0 Å². The lowest BCUT2D eigenvalue weighted by Gasteiger charge is -2.34. The van der Waals surface area contributed by atoms with Crippen molar-refractivity contribution in [2.24, 2.45) is 5.73 Å². The van der Waals surface area contributed by atoms with Crippen molar-refractivity contribution in [3.8, 4) is 5.75 Å². The van der Waals surface area contributed by atoms with Crippen molar-refractivity contribution in [3.05, 3.63) is 29.8 Å². The Kier molecular flexibility index (Phi) is 5.77. The van der Waals surface area contributed by atoms with Gasteiger partial charge in [-0.25, -0.2) is 0 Å². The molecule has 120 valence electrons. The molecule has 0 saturated carbocycles. The molecule has 1 aromatic rings. The van der Waals surface area contributed by atoms with Gasteiger partial charge in [0.1, 0.15) is 5.75 Å². The van der Waals surface area contributed by atoms with Gasteiger partial charge in [0, 0.05) is 32.6 Å². The summed E-state index contributed by atoms with van der Waals surface area (Å²) in [5, 5.41) is 0. The van der Waals surface area contributed by atoms with Crippen LogP contribution in [0.1, 0.15) is 12.0 Å². The number of carbonyl (C=O) groups excluding carboxylic acids is 2. The molecule has 0 atom stereocenters. The molecule has 0 spiro atoms. The minimum Gasteiger partial charge on any atom is -0.497 e. The fourth-order valence-corrected chi connectivity index (χ4v) is 2.58. The molecule has 22 heavy (non-hydrogen) atoms. The van der Waals surface area contributed by atoms with Crippen LogP contribution in [0.15, 0.2) is 24.3 Å². The van der Waals surface area contributed by atoms with E-state index in [1.165, 1.54) is 0 Å². The van der Waals surface area contributed by atoms with Gasteiger partial charge in [-0.1, -0.05) is 12.1 Å². The first-order chi connectivity index (χ1) is 10.6. The van der Waals surface area contributed by atoms with Crippen molar-refractivity contribution in [1.29, 1.82) is 0 Å². The highest BCUT2D eigenvalue weighted by Crippen LogP contribution is 2.13. The van der Waals surface area contributed by atoms with E-state index in [0.717, 1.165) is 17.7 Å². The van der Waals surface area contributed by atoms with E-state index >= 15 is 0 Å². The lowest BCUT2D eigenvalue weighted by molar-refractivity contribution is -0.133. The highest BCUT2D eigenvalue weighted by molar-refractivity contribution is 5.77. The number of amides is 2. The largest absolute Gasteiger partial charge is 0.497 e. The second kappa shape index (κ2) is 7.79. The number of hydrogen-bond acceptors (Lipinski definition) is 4. The summed E-state index contributed by atoms with van der Waals surface area (Å²) in [5.74, 6) is 0.662. The second-order valence-electron chi connectivity index (χ2n) is 5.47. The maximum Gasteiger partial charge on any atom is 0.231 e. The molecule has 0 aromatic heterocycles. The Balaban J connectivity index is 1.74. The highest BCUT2D eigenvalue weighted by atomic mass is 16.5. The predicted molar refractivity (Wildman–Crippen MR) is 83.5 cm³/mol. The van der Waals surface area contributed by atoms with Gasteiger partial charge < -0.3 is 15.4 Å². The Morgan fingerprint density at radius 3 is 2.32 bits per heavy atom. The van der Waals surface area contributed by atoms with Gasteiger partial charge in [0.15, 0.2) is 0 Å². The summed E-state index contributed by atoms with van der Waals surface area (Å²) in [5.41, 5.74) is 6.31. The molecule has 2 amide bonds. The number of primary amides is 1. The quantitative estimate of drug-likeness (QED) is 0.818. The molecule has 1 heterocycles. The molecular weight excluding hydrogens is 282 g/mol. The third kappa shape index (κ3) is 4.73. The normalized spacial score (nSPS) is 15.6. The summed E-state index contributed by atoms with van der Waals surface area (Å²) in [7, 11) is 1.64. The summed E-state index contributed by atoms with van der Waals surface area (Å²) in [6, 6.07) is 7.78. The second-order valence-corrected chi connectivity index (χ2v) is 5.47. The fraction of sp³-hybridized carbons (Fsp3) is 0.500. The van der Waals surface area contributed by atoms with E-state index in [4.69, 9.17) is 10.5 Å². The van der Waals surface area contributed by atoms with Gasteiger partial charge in [-0.15, -0.1) is 0 Å². The van der Waals surface area contributed by atoms with Crippen molar-refractivity contribution in [3.63, 3.8) is 0 Å². The zero-order chi connectivity index (χ0) is 15.9. The van der Waals surface area contributed by atoms with Gasteiger partial charge in [0.2, 0.25) is 11.8 Å². The number of hydrogen-bond donors (Lipinski definition) is 1. The maximum absolute atomic E-state index is 12.2. The van der Waals surface area contributed by atoms with E-state index in [1.807, 2.05) is 34.1 Å². The van der Waals surface area contributed by atoms with Gasteiger partial charge in [-0.2, -0.15) is 0 Å². The van der Waals surface area contributed by atoms with Gasteiger partial charge in [0.25, 0.3) is 0 Å². The summed E-state index contributed by atoms with van der Waals surface area (Å²) < 4.78 is 5.11. The predicted octanol–water partition coefficient (Wildman–Crippen LogP) is 0.257. The molecule has 6 heteroatoms. The number of nitrogens with two attached hydrogens (primary N) is 1. The van der Waals surface area contributed by atoms with Crippen LogP contribution in [0.25, 0.3) is 0 Å². The van der Waals surface area contributed by atoms with Crippen molar-refractivity contribution in [2.45, 2.75) is 12.8 Å². The van der Waals surface area contributed by atoms with Crippen molar-refractivity contribution >= 4 is 11.8 Å². The lowest BCUT2D eigenvalue weighted by Crippen LogP contribution is -2.50. The zero-order valence-electron chi connectivity index (χ0n) is 13.0. The minimum atomic E-state index is -0.320. The first-order valence-corrected chi connectivity index (χ1v) is 7.50. The molecule has 0 bridgehead atoms. The van der Waals surface area contributed by atoms with E-state index in [9.17, 15) is 9.59 Å². The number of piperazine rings is 1. The number of nitrogens with zero attached hydrogens (tertiary/aromatic N) is 2. The molecule has 0 radical (unpaired) electrons. The molecular formula is C16H23N3O3. The highest BCUT2D eigenvalue weighted by Gasteiger charge is 2.21. The van der Waals surface area contributed by atoms with Crippen molar-refractivity contribution in [1.82, 2.24) is 9.80 Å². The molecule has 0 aliphatic carbocycles. The molecule has 1 aromatic carbocycles. The number of methoxy groups -OCH3 is 1. The molecule has 6 nitrogen and oxygen atoms in total. The summed E-state index contributed by atoms with van der Waals surface area (Å²) in [4.78, 5) is 26.9. The van der Waals surface area contributed by atoms with Crippen molar-refractivity contribution in [2.75, 3.05) is 39.8 Å². The van der Waals surface area contributed by atoms with Crippen LogP contribution in [0.5, 0.6) is 5.75 Å². The van der Waals surface area contributed by atoms with Crippen LogP contribution in [0.3, 0.4) is 0 Å². The number of ether oxygens (including phenoxy) is 1. The molecule has 0 unspecified atom stereocenters. The summed E-state index contributed by atoms with van der Waals surface area (Å²) in [6.45, 7) is 3.01. The standard InChI is InChI=1S/C16H23N3O3/c1-22-14-5-2-13(3-6-14)4-7-16(21)19-10-8-18(9-11-19)12-15(17)20/h2-3,5-6H,4,7-12H2,1H3,(H2,17,20). The summed E-state index contributed by atoms with van der Waals surface area (Å²) in [6.07, 6.45) is 1.23. The van der Waals surface area contributed by atoms with Gasteiger partial charge in [0.05, 0.1) is 13.7 Å². The molecule has 1 saturated heterocycles. The third-order valence-electron chi connectivity index (χ3n) is 3.89. The maximum atomic E-state index is 12.2. The number of aryl methyl sites for hydroxylation is 1. The molecule has 2 N–H and O–H groups in total. The van der Waals surface area contributed by atoms with E-state index in [1.54, 1.807) is 7.11 Å². The topological polar surface area (TPSA) is 75.9 Å². The lowest BCUT2D eigenvalue weighted by atomic mass is 10.1. The Morgan fingerprint density at radius 1 is 1.14 bits per heavy atom. The monoisotopic (exact) mass is 305 g/mol. The number of rotatable bonds is 6. The van der Waals surface area contributed by atoms with Crippen LogP contribution < -0.4 is 10.5 Å². The SMILES string of the molecule is COc1ccc(CCC(=O)N2CCN(CC(N)=O)CC2)cc1. The molecule has 1 aliphatic rings. The Labute approximate surface area is 130 Å². The van der Waals surface area contributed by atoms with Crippen LogP contribution in [0.4, 0.5) is 0 Å². The van der Waals surface area contributed by atoms with Gasteiger partial charge in [-0.3, -0.25) is 14.5 Å². The van der Waals surface area contributed by atoms with Crippen LogP contribution in [0.2, 0.25) is 0 Å². The molecule has 2 rings (SSSR count). The first-order valence-electron chi connectivity index (χ1n) is 7.50. The van der Waals surface area contributed by atoms with Crippen LogP contribution >= 0.6 is 0 Å². The average Bonchev–Trinajstić information content (AvgIpc) is 2.53. The van der Waals surface area contributed by atoms with Crippen molar-refractivity contribution < 1.29 is 14.3 Å². The smallest absolute Gasteiger partial charge is 0.231 e. The average molecular weight is 305 g/mol. The van der Waals surface area contributed by atoms with E-state index in [-0.39, 0.29) is 18.4 Å². The minimum absolute atomic E-state index is 0.162. The summed E-state index contributed by atoms with van der Waals surface area (Å²) >= 11 is 0. The van der Waals surface area contributed by atoms with Crippen LogP contribution in [0, 0.1) is 0 Å². The Morgan fingerprint density at radius 2 is 1.77 bits per heavy atom. The van der Waals surface area contributed by atoms with Crippen LogP contribution in [-0.4, -0.2) is 61.4 Å². The van der Waals surface area contributed by atoms with E-state index in [2.05, 4.69) is 0 Å². The zero-order valence-corrected chi connectivity index (χ0v) is 13.0. The third-order valence-corrected chi connectivity index (χ3v) is 3.89. The molecule has 1 fully saturated rings. The number of benzene rings is 1. The first kappa shape index (κ1) is 16.3. The molecule has 1 aliphatic heterocycles. The van der Waals surface area contributed by atoms with Gasteiger partial charge in [-0.05, 0) is 24.1 Å². The van der Waals surface area contributed by atoms with Crippen LogP contribution in [-0.2, 0) is 16.0 Å². The van der Waals surface area contributed by atoms with E-state index in [0.29, 0.717) is 32.6 Å².